The number of phenolic OH excluding ortho intramolecular Hbond substituents is 1. The van der Waals surface area contributed by atoms with Gasteiger partial charge < -0.3 is 9.84 Å². The number of benzene rings is 2. The van der Waals surface area contributed by atoms with Gasteiger partial charge in [-0.2, -0.15) is 0 Å². The van der Waals surface area contributed by atoms with Gasteiger partial charge in [0.25, 0.3) is 0 Å². The Labute approximate surface area is 176 Å². The van der Waals surface area contributed by atoms with Gasteiger partial charge in [-0.05, 0) is 82.8 Å². The van der Waals surface area contributed by atoms with E-state index < -0.39 is 0 Å². The van der Waals surface area contributed by atoms with Crippen molar-refractivity contribution in [3.05, 3.63) is 46.2 Å². The number of methoxy groups -OCH3 is 1. The van der Waals surface area contributed by atoms with Crippen LogP contribution in [0.4, 0.5) is 4.39 Å². The molecule has 1 N–H and O–H groups in total. The quantitative estimate of drug-likeness (QED) is 0.437. The monoisotopic (exact) mass is 448 g/mol. The first kappa shape index (κ1) is 21.2. The van der Waals surface area contributed by atoms with E-state index in [1.807, 2.05) is 6.07 Å². The van der Waals surface area contributed by atoms with Crippen molar-refractivity contribution in [2.75, 3.05) is 7.11 Å². The lowest BCUT2D eigenvalue weighted by Gasteiger charge is -2.29. The lowest BCUT2D eigenvalue weighted by atomic mass is 9.77. The maximum absolute atomic E-state index is 14.9. The summed E-state index contributed by atoms with van der Waals surface area (Å²) in [6.45, 7) is 2.25. The van der Waals surface area contributed by atoms with Crippen LogP contribution in [0.5, 0.6) is 11.5 Å². The molecule has 0 radical (unpaired) electrons. The molecule has 1 aliphatic rings. The number of hydrogen-bond acceptors (Lipinski definition) is 2. The zero-order valence-electron chi connectivity index (χ0n) is 16.8. The summed E-state index contributed by atoms with van der Waals surface area (Å²) in [4.78, 5) is 0. The van der Waals surface area contributed by atoms with Crippen molar-refractivity contribution in [3.63, 3.8) is 0 Å². The number of hydrogen-bond donors (Lipinski definition) is 1. The first-order valence-corrected chi connectivity index (χ1v) is 11.2. The molecule has 0 spiro atoms. The minimum atomic E-state index is -0.220. The fourth-order valence-corrected chi connectivity index (χ4v) is 4.81. The smallest absolute Gasteiger partial charge is 0.172 e. The van der Waals surface area contributed by atoms with Crippen LogP contribution in [0.2, 0.25) is 0 Å². The molecule has 0 aromatic heterocycles. The second kappa shape index (κ2) is 9.78. The molecule has 2 aromatic carbocycles. The van der Waals surface area contributed by atoms with Crippen molar-refractivity contribution >= 4 is 15.9 Å². The average molecular weight is 449 g/mol. The van der Waals surface area contributed by atoms with Crippen molar-refractivity contribution in [2.24, 2.45) is 5.92 Å². The van der Waals surface area contributed by atoms with E-state index in [-0.39, 0.29) is 11.6 Å². The Balaban J connectivity index is 1.71. The summed E-state index contributed by atoms with van der Waals surface area (Å²) >= 11 is 3.31. The summed E-state index contributed by atoms with van der Waals surface area (Å²) in [5.74, 6) is 1.45. The topological polar surface area (TPSA) is 29.5 Å². The van der Waals surface area contributed by atoms with E-state index in [1.54, 1.807) is 18.2 Å². The maximum atomic E-state index is 14.9. The highest BCUT2D eigenvalue weighted by atomic mass is 79.9. The van der Waals surface area contributed by atoms with E-state index in [1.165, 1.54) is 45.6 Å². The molecule has 0 unspecified atom stereocenters. The van der Waals surface area contributed by atoms with Gasteiger partial charge in [0, 0.05) is 5.56 Å². The van der Waals surface area contributed by atoms with Crippen LogP contribution >= 0.6 is 15.9 Å². The normalized spacial score (nSPS) is 19.6. The second-order valence-corrected chi connectivity index (χ2v) is 8.82. The van der Waals surface area contributed by atoms with Crippen LogP contribution in [0.3, 0.4) is 0 Å². The van der Waals surface area contributed by atoms with Gasteiger partial charge in [0.05, 0.1) is 11.6 Å². The molecule has 2 aromatic rings. The summed E-state index contributed by atoms with van der Waals surface area (Å²) in [5.41, 5.74) is 2.32. The summed E-state index contributed by atoms with van der Waals surface area (Å²) in [6.07, 6.45) is 10.2. The Bertz CT molecular complexity index is 797. The molecule has 0 bridgehead atoms. The summed E-state index contributed by atoms with van der Waals surface area (Å²) in [7, 11) is 1.49. The van der Waals surface area contributed by atoms with Gasteiger partial charge in [0.2, 0.25) is 0 Å². The molecule has 1 saturated carbocycles. The fraction of sp³-hybridized carbons (Fsp3) is 0.500. The van der Waals surface area contributed by atoms with Crippen LogP contribution in [0, 0.1) is 11.7 Å². The number of aromatic hydroxyl groups is 1. The Morgan fingerprint density at radius 2 is 1.86 bits per heavy atom. The highest BCUT2D eigenvalue weighted by Crippen LogP contribution is 2.41. The van der Waals surface area contributed by atoms with E-state index in [4.69, 9.17) is 4.74 Å². The van der Waals surface area contributed by atoms with E-state index in [0.717, 1.165) is 24.3 Å². The number of rotatable bonds is 7. The molecule has 0 atom stereocenters. The molecular weight excluding hydrogens is 419 g/mol. The highest BCUT2D eigenvalue weighted by molar-refractivity contribution is 9.10. The molecule has 2 nitrogen and oxygen atoms in total. The molecular formula is C24H30BrFO2. The zero-order chi connectivity index (χ0) is 20.1. The van der Waals surface area contributed by atoms with Crippen molar-refractivity contribution in [1.82, 2.24) is 0 Å². The maximum Gasteiger partial charge on any atom is 0.172 e. The standard InChI is InChI=1S/C24H30BrFO2/c1-3-4-5-6-16-7-9-17(10-8-16)18-11-12-20(22(26)14-18)19-13-21(25)24(27)23(15-19)28-2/h11-17,27H,3-10H2,1-2H3. The number of unbranched alkanes of at least 4 members (excludes halogenated alkanes) is 2. The van der Waals surface area contributed by atoms with E-state index in [0.29, 0.717) is 27.3 Å². The zero-order valence-corrected chi connectivity index (χ0v) is 18.4. The first-order chi connectivity index (χ1) is 13.5. The summed E-state index contributed by atoms with van der Waals surface area (Å²) < 4.78 is 20.6. The highest BCUT2D eigenvalue weighted by Gasteiger charge is 2.23. The van der Waals surface area contributed by atoms with E-state index in [2.05, 4.69) is 28.9 Å². The minimum absolute atomic E-state index is 0.0268. The SMILES string of the molecule is CCCCCC1CCC(c2ccc(-c3cc(Br)c(O)c(OC)c3)c(F)c2)CC1. The van der Waals surface area contributed by atoms with Gasteiger partial charge in [-0.1, -0.05) is 44.7 Å². The Kier molecular flexibility index (Phi) is 7.39. The van der Waals surface area contributed by atoms with Gasteiger partial charge in [0.1, 0.15) is 5.82 Å². The fourth-order valence-electron chi connectivity index (χ4n) is 4.37. The van der Waals surface area contributed by atoms with E-state index >= 15 is 0 Å². The molecule has 0 aliphatic heterocycles. The van der Waals surface area contributed by atoms with Gasteiger partial charge >= 0.3 is 0 Å². The largest absolute Gasteiger partial charge is 0.503 e. The molecule has 0 saturated heterocycles. The Morgan fingerprint density at radius 3 is 2.50 bits per heavy atom. The second-order valence-electron chi connectivity index (χ2n) is 7.96. The molecule has 0 heterocycles. The molecule has 1 aliphatic carbocycles. The predicted octanol–water partition coefficient (Wildman–Crippen LogP) is 7.82. The number of ether oxygens (including phenoxy) is 1. The number of halogens is 2. The lowest BCUT2D eigenvalue weighted by Crippen LogP contribution is -2.13. The van der Waals surface area contributed by atoms with Gasteiger partial charge in [0.15, 0.2) is 11.5 Å². The summed E-state index contributed by atoms with van der Waals surface area (Å²) in [5, 5.41) is 9.98. The Morgan fingerprint density at radius 1 is 1.11 bits per heavy atom. The third kappa shape index (κ3) is 4.89. The van der Waals surface area contributed by atoms with Gasteiger partial charge in [-0.15, -0.1) is 0 Å². The lowest BCUT2D eigenvalue weighted by molar-refractivity contribution is 0.302. The minimum Gasteiger partial charge on any atom is -0.503 e. The molecule has 28 heavy (non-hydrogen) atoms. The van der Waals surface area contributed by atoms with Crippen LogP contribution in [0.15, 0.2) is 34.8 Å². The third-order valence-corrected chi connectivity index (χ3v) is 6.69. The van der Waals surface area contributed by atoms with Gasteiger partial charge in [-0.25, -0.2) is 4.39 Å². The molecule has 3 rings (SSSR count). The third-order valence-electron chi connectivity index (χ3n) is 6.09. The average Bonchev–Trinajstić information content (AvgIpc) is 2.70. The molecule has 152 valence electrons. The van der Waals surface area contributed by atoms with Gasteiger partial charge in [-0.3, -0.25) is 0 Å². The van der Waals surface area contributed by atoms with Crippen LogP contribution in [0.1, 0.15) is 69.8 Å². The van der Waals surface area contributed by atoms with Crippen molar-refractivity contribution in [3.8, 4) is 22.6 Å². The van der Waals surface area contributed by atoms with Crippen LogP contribution < -0.4 is 4.74 Å². The Hall–Kier alpha value is -1.55. The van der Waals surface area contributed by atoms with Crippen molar-refractivity contribution in [1.29, 1.82) is 0 Å². The first-order valence-electron chi connectivity index (χ1n) is 10.4. The van der Waals surface area contributed by atoms with Crippen LogP contribution in [-0.4, -0.2) is 12.2 Å². The molecule has 1 fully saturated rings. The number of phenols is 1. The van der Waals surface area contributed by atoms with Crippen molar-refractivity contribution in [2.45, 2.75) is 64.2 Å². The van der Waals surface area contributed by atoms with Crippen LogP contribution in [-0.2, 0) is 0 Å². The van der Waals surface area contributed by atoms with Crippen LogP contribution in [0.25, 0.3) is 11.1 Å². The molecule has 4 heteroatoms. The van der Waals surface area contributed by atoms with Crippen molar-refractivity contribution < 1.29 is 14.2 Å². The summed E-state index contributed by atoms with van der Waals surface area (Å²) in [6, 6.07) is 9.01. The molecule has 0 amide bonds. The van der Waals surface area contributed by atoms with E-state index in [9.17, 15) is 9.50 Å². The predicted molar refractivity (Wildman–Crippen MR) is 117 cm³/mol.